The van der Waals surface area contributed by atoms with E-state index >= 15 is 0 Å². The van der Waals surface area contributed by atoms with Crippen molar-refractivity contribution in [3.05, 3.63) is 59.4 Å². The lowest BCUT2D eigenvalue weighted by atomic mass is 10.1. The van der Waals surface area contributed by atoms with Crippen LogP contribution in [-0.2, 0) is 11.2 Å². The summed E-state index contributed by atoms with van der Waals surface area (Å²) in [7, 11) is 0. The van der Waals surface area contributed by atoms with Crippen LogP contribution in [0.15, 0.2) is 42.5 Å². The number of amides is 1. The highest BCUT2D eigenvalue weighted by molar-refractivity contribution is 5.93. The first-order chi connectivity index (χ1) is 9.06. The molecule has 3 N–H and O–H groups in total. The molecular formula is C15H15FN2O. The van der Waals surface area contributed by atoms with Crippen LogP contribution in [0.4, 0.5) is 15.8 Å². The highest BCUT2D eigenvalue weighted by Gasteiger charge is 2.08. The number of rotatable bonds is 3. The second kappa shape index (κ2) is 5.52. The van der Waals surface area contributed by atoms with Gasteiger partial charge in [0, 0.05) is 11.4 Å². The van der Waals surface area contributed by atoms with Crippen molar-refractivity contribution in [3.63, 3.8) is 0 Å². The molecule has 0 aliphatic carbocycles. The summed E-state index contributed by atoms with van der Waals surface area (Å²) in [5, 5.41) is 2.69. The van der Waals surface area contributed by atoms with E-state index < -0.39 is 0 Å². The summed E-state index contributed by atoms with van der Waals surface area (Å²) in [5.74, 6) is -0.591. The van der Waals surface area contributed by atoms with E-state index in [1.54, 1.807) is 18.2 Å². The van der Waals surface area contributed by atoms with Crippen LogP contribution in [0.5, 0.6) is 0 Å². The molecule has 0 aromatic heterocycles. The maximum Gasteiger partial charge on any atom is 0.228 e. The number of hydrogen-bond donors (Lipinski definition) is 2. The Morgan fingerprint density at radius 2 is 2.00 bits per heavy atom. The summed E-state index contributed by atoms with van der Waals surface area (Å²) < 4.78 is 13.1. The second-order valence-corrected chi connectivity index (χ2v) is 4.38. The van der Waals surface area contributed by atoms with Gasteiger partial charge in [0.25, 0.3) is 0 Å². The van der Waals surface area contributed by atoms with E-state index in [9.17, 15) is 9.18 Å². The fraction of sp³-hybridized carbons (Fsp3) is 0.133. The van der Waals surface area contributed by atoms with Crippen LogP contribution < -0.4 is 11.1 Å². The molecule has 0 bridgehead atoms. The van der Waals surface area contributed by atoms with Gasteiger partial charge in [0.2, 0.25) is 5.91 Å². The molecule has 1 amide bonds. The van der Waals surface area contributed by atoms with E-state index in [-0.39, 0.29) is 18.1 Å². The van der Waals surface area contributed by atoms with Gasteiger partial charge < -0.3 is 11.1 Å². The first-order valence-corrected chi connectivity index (χ1v) is 5.95. The van der Waals surface area contributed by atoms with Gasteiger partial charge in [0.15, 0.2) is 0 Å². The molecule has 2 rings (SSSR count). The van der Waals surface area contributed by atoms with Gasteiger partial charge >= 0.3 is 0 Å². The Kier molecular flexibility index (Phi) is 3.80. The monoisotopic (exact) mass is 258 g/mol. The average Bonchev–Trinajstić information content (AvgIpc) is 2.37. The number of nitrogens with two attached hydrogens (primary N) is 1. The molecule has 0 saturated heterocycles. The zero-order valence-electron chi connectivity index (χ0n) is 10.6. The van der Waals surface area contributed by atoms with E-state index in [4.69, 9.17) is 5.73 Å². The van der Waals surface area contributed by atoms with Crippen molar-refractivity contribution in [2.24, 2.45) is 0 Å². The van der Waals surface area contributed by atoms with Gasteiger partial charge in [-0.15, -0.1) is 0 Å². The van der Waals surface area contributed by atoms with Gasteiger partial charge in [0.1, 0.15) is 5.82 Å². The van der Waals surface area contributed by atoms with Gasteiger partial charge in [-0.25, -0.2) is 4.39 Å². The molecule has 0 fully saturated rings. The number of anilines is 2. The summed E-state index contributed by atoms with van der Waals surface area (Å²) in [6, 6.07) is 11.5. The minimum Gasteiger partial charge on any atom is -0.398 e. The summed E-state index contributed by atoms with van der Waals surface area (Å²) in [6.07, 6.45) is 0.169. The standard InChI is InChI=1S/C15H15FN2O/c1-10-6-7-12(16)9-14(10)18-15(19)8-11-4-2-3-5-13(11)17/h2-7,9H,8,17H2,1H3,(H,18,19). The van der Waals surface area contributed by atoms with Crippen molar-refractivity contribution in [2.45, 2.75) is 13.3 Å². The van der Waals surface area contributed by atoms with Crippen molar-refractivity contribution in [1.82, 2.24) is 0 Å². The summed E-state index contributed by atoms with van der Waals surface area (Å²) in [5.41, 5.74) is 8.41. The number of halogens is 1. The Morgan fingerprint density at radius 3 is 2.74 bits per heavy atom. The number of nitrogens with one attached hydrogen (secondary N) is 1. The fourth-order valence-electron chi connectivity index (χ4n) is 1.79. The van der Waals surface area contributed by atoms with Crippen molar-refractivity contribution >= 4 is 17.3 Å². The van der Waals surface area contributed by atoms with Crippen molar-refractivity contribution < 1.29 is 9.18 Å². The Morgan fingerprint density at radius 1 is 1.26 bits per heavy atom. The fourth-order valence-corrected chi connectivity index (χ4v) is 1.79. The SMILES string of the molecule is Cc1ccc(F)cc1NC(=O)Cc1ccccc1N. The van der Waals surface area contributed by atoms with E-state index in [1.165, 1.54) is 12.1 Å². The third-order valence-electron chi connectivity index (χ3n) is 2.88. The van der Waals surface area contributed by atoms with Crippen molar-refractivity contribution in [1.29, 1.82) is 0 Å². The van der Waals surface area contributed by atoms with E-state index in [2.05, 4.69) is 5.32 Å². The Labute approximate surface area is 111 Å². The molecule has 0 aliphatic rings. The average molecular weight is 258 g/mol. The molecule has 98 valence electrons. The number of nitrogen functional groups attached to an aromatic ring is 1. The number of hydrogen-bond acceptors (Lipinski definition) is 2. The molecule has 0 spiro atoms. The molecule has 3 nitrogen and oxygen atoms in total. The summed E-state index contributed by atoms with van der Waals surface area (Å²) >= 11 is 0. The molecule has 0 unspecified atom stereocenters. The van der Waals surface area contributed by atoms with Crippen LogP contribution >= 0.6 is 0 Å². The van der Waals surface area contributed by atoms with Gasteiger partial charge in [-0.3, -0.25) is 4.79 Å². The molecule has 4 heteroatoms. The number of carbonyl (C=O) groups is 1. The topological polar surface area (TPSA) is 55.1 Å². The summed E-state index contributed by atoms with van der Waals surface area (Å²) in [6.45, 7) is 1.81. The van der Waals surface area contributed by atoms with Crippen LogP contribution in [0, 0.1) is 12.7 Å². The molecule has 0 saturated carbocycles. The Balaban J connectivity index is 2.10. The molecule has 0 aliphatic heterocycles. The highest BCUT2D eigenvalue weighted by atomic mass is 19.1. The Hall–Kier alpha value is -2.36. The van der Waals surface area contributed by atoms with Gasteiger partial charge in [-0.05, 0) is 36.2 Å². The number of benzene rings is 2. The van der Waals surface area contributed by atoms with E-state index in [1.807, 2.05) is 19.1 Å². The predicted octanol–water partition coefficient (Wildman–Crippen LogP) is 2.90. The number of aryl methyl sites for hydroxylation is 1. The minimum atomic E-state index is -0.375. The number of carbonyl (C=O) groups excluding carboxylic acids is 1. The Bertz CT molecular complexity index is 611. The molecule has 0 atom stereocenters. The van der Waals surface area contributed by atoms with Gasteiger partial charge in [-0.2, -0.15) is 0 Å². The molecular weight excluding hydrogens is 243 g/mol. The van der Waals surface area contributed by atoms with Crippen molar-refractivity contribution in [2.75, 3.05) is 11.1 Å². The highest BCUT2D eigenvalue weighted by Crippen LogP contribution is 2.17. The maximum atomic E-state index is 13.1. The molecule has 2 aromatic carbocycles. The summed E-state index contributed by atoms with van der Waals surface area (Å²) in [4.78, 5) is 11.9. The predicted molar refractivity (Wildman–Crippen MR) is 74.3 cm³/mol. The third-order valence-corrected chi connectivity index (χ3v) is 2.88. The molecule has 0 heterocycles. The largest absolute Gasteiger partial charge is 0.398 e. The van der Waals surface area contributed by atoms with E-state index in [0.717, 1.165) is 11.1 Å². The third kappa shape index (κ3) is 3.31. The lowest BCUT2D eigenvalue weighted by molar-refractivity contribution is -0.115. The normalized spacial score (nSPS) is 10.2. The van der Waals surface area contributed by atoms with Gasteiger partial charge in [-0.1, -0.05) is 24.3 Å². The first-order valence-electron chi connectivity index (χ1n) is 5.95. The number of para-hydroxylation sites is 1. The smallest absolute Gasteiger partial charge is 0.228 e. The van der Waals surface area contributed by atoms with Crippen molar-refractivity contribution in [3.8, 4) is 0 Å². The second-order valence-electron chi connectivity index (χ2n) is 4.38. The first kappa shape index (κ1) is 13.1. The zero-order chi connectivity index (χ0) is 13.8. The van der Waals surface area contributed by atoms with Crippen LogP contribution in [0.25, 0.3) is 0 Å². The van der Waals surface area contributed by atoms with Gasteiger partial charge in [0.05, 0.1) is 6.42 Å². The van der Waals surface area contributed by atoms with Crippen LogP contribution in [-0.4, -0.2) is 5.91 Å². The van der Waals surface area contributed by atoms with Crippen LogP contribution in [0.3, 0.4) is 0 Å². The van der Waals surface area contributed by atoms with Crippen LogP contribution in [0.2, 0.25) is 0 Å². The molecule has 19 heavy (non-hydrogen) atoms. The lowest BCUT2D eigenvalue weighted by Crippen LogP contribution is -2.16. The zero-order valence-corrected chi connectivity index (χ0v) is 10.6. The van der Waals surface area contributed by atoms with E-state index in [0.29, 0.717) is 11.4 Å². The lowest BCUT2D eigenvalue weighted by Gasteiger charge is -2.09. The minimum absolute atomic E-state index is 0.169. The molecule has 0 radical (unpaired) electrons. The molecule has 2 aromatic rings. The quantitative estimate of drug-likeness (QED) is 0.832. The van der Waals surface area contributed by atoms with Crippen LogP contribution in [0.1, 0.15) is 11.1 Å². The maximum absolute atomic E-state index is 13.1.